The molecule has 1 aromatic carbocycles. The Morgan fingerprint density at radius 2 is 1.91 bits per heavy atom. The molecule has 120 valence electrons. The Morgan fingerprint density at radius 3 is 2.45 bits per heavy atom. The number of carboxylic acid groups (broad SMARTS) is 1. The molecular weight excluding hydrogens is 282 g/mol. The van der Waals surface area contributed by atoms with Crippen LogP contribution in [0.4, 0.5) is 0 Å². The molecule has 1 amide bonds. The average molecular weight is 305 g/mol. The van der Waals surface area contributed by atoms with Crippen LogP contribution in [0.25, 0.3) is 0 Å². The van der Waals surface area contributed by atoms with Crippen molar-refractivity contribution < 1.29 is 19.4 Å². The molecule has 0 aromatic heterocycles. The van der Waals surface area contributed by atoms with E-state index >= 15 is 0 Å². The second-order valence-electron chi connectivity index (χ2n) is 6.47. The number of ether oxygens (including phenoxy) is 1. The molecule has 0 bridgehead atoms. The van der Waals surface area contributed by atoms with Gasteiger partial charge in [0, 0.05) is 12.1 Å². The van der Waals surface area contributed by atoms with Gasteiger partial charge in [0.1, 0.15) is 5.75 Å². The monoisotopic (exact) mass is 305 g/mol. The van der Waals surface area contributed by atoms with Gasteiger partial charge >= 0.3 is 5.97 Å². The maximum Gasteiger partial charge on any atom is 0.309 e. The summed E-state index contributed by atoms with van der Waals surface area (Å²) in [6.07, 6.45) is 2.87. The highest BCUT2D eigenvalue weighted by Crippen LogP contribution is 2.29. The summed E-state index contributed by atoms with van der Waals surface area (Å²) in [5.41, 5.74) is -0.291. The Bertz CT molecular complexity index is 532. The van der Waals surface area contributed by atoms with Gasteiger partial charge in [-0.2, -0.15) is 0 Å². The topological polar surface area (TPSA) is 75.6 Å². The first-order chi connectivity index (χ1) is 10.4. The van der Waals surface area contributed by atoms with Gasteiger partial charge in [-0.3, -0.25) is 9.59 Å². The highest BCUT2D eigenvalue weighted by Gasteiger charge is 2.26. The quantitative estimate of drug-likeness (QED) is 0.774. The van der Waals surface area contributed by atoms with E-state index < -0.39 is 11.4 Å². The lowest BCUT2D eigenvalue weighted by atomic mass is 9.90. The van der Waals surface area contributed by atoms with Crippen LogP contribution in [0.3, 0.4) is 0 Å². The molecule has 5 nitrogen and oxygen atoms in total. The Kier molecular flexibility index (Phi) is 5.06. The van der Waals surface area contributed by atoms with Crippen LogP contribution in [-0.2, 0) is 4.79 Å². The summed E-state index contributed by atoms with van der Waals surface area (Å²) in [6, 6.07) is 7.02. The maximum absolute atomic E-state index is 12.0. The fourth-order valence-electron chi connectivity index (χ4n) is 1.90. The maximum atomic E-state index is 12.0. The molecule has 0 saturated heterocycles. The molecule has 2 rings (SSSR count). The van der Waals surface area contributed by atoms with E-state index in [4.69, 9.17) is 9.84 Å². The van der Waals surface area contributed by atoms with Crippen LogP contribution in [0, 0.1) is 11.3 Å². The van der Waals surface area contributed by atoms with Crippen molar-refractivity contribution in [2.45, 2.75) is 33.1 Å². The summed E-state index contributed by atoms with van der Waals surface area (Å²) in [5.74, 6) is 0.407. The van der Waals surface area contributed by atoms with Crippen LogP contribution in [0.15, 0.2) is 24.3 Å². The smallest absolute Gasteiger partial charge is 0.309 e. The van der Waals surface area contributed by atoms with Crippen LogP contribution >= 0.6 is 0 Å². The van der Waals surface area contributed by atoms with E-state index in [0.717, 1.165) is 12.4 Å². The van der Waals surface area contributed by atoms with E-state index in [1.54, 1.807) is 38.1 Å². The van der Waals surface area contributed by atoms with E-state index in [1.807, 2.05) is 0 Å². The van der Waals surface area contributed by atoms with Crippen LogP contribution in [-0.4, -0.2) is 30.1 Å². The number of rotatable bonds is 8. The minimum atomic E-state index is -0.862. The van der Waals surface area contributed by atoms with Crippen molar-refractivity contribution in [3.05, 3.63) is 29.8 Å². The second kappa shape index (κ2) is 6.81. The van der Waals surface area contributed by atoms with Crippen molar-refractivity contribution in [3.63, 3.8) is 0 Å². The molecule has 1 aliphatic rings. The predicted molar refractivity (Wildman–Crippen MR) is 83.0 cm³/mol. The molecule has 22 heavy (non-hydrogen) atoms. The van der Waals surface area contributed by atoms with Crippen molar-refractivity contribution in [2.24, 2.45) is 11.3 Å². The molecule has 2 N–H and O–H groups in total. The van der Waals surface area contributed by atoms with Crippen LogP contribution in [0.1, 0.15) is 43.5 Å². The van der Waals surface area contributed by atoms with Gasteiger partial charge in [0.2, 0.25) is 0 Å². The van der Waals surface area contributed by atoms with E-state index in [9.17, 15) is 9.59 Å². The molecule has 1 aromatic rings. The molecule has 5 heteroatoms. The lowest BCUT2D eigenvalue weighted by Crippen LogP contribution is -2.31. The van der Waals surface area contributed by atoms with E-state index in [2.05, 4.69) is 5.32 Å². The number of benzene rings is 1. The number of amides is 1. The fraction of sp³-hybridized carbons (Fsp3) is 0.529. The molecule has 1 fully saturated rings. The van der Waals surface area contributed by atoms with Crippen LogP contribution < -0.4 is 10.1 Å². The third kappa shape index (κ3) is 4.76. The zero-order valence-corrected chi connectivity index (χ0v) is 13.1. The van der Waals surface area contributed by atoms with Gasteiger partial charge in [-0.15, -0.1) is 0 Å². The molecule has 0 radical (unpaired) electrons. The zero-order chi connectivity index (χ0) is 16.2. The van der Waals surface area contributed by atoms with Gasteiger partial charge in [-0.25, -0.2) is 0 Å². The van der Waals surface area contributed by atoms with E-state index in [-0.39, 0.29) is 5.91 Å². The Balaban J connectivity index is 1.78. The molecule has 1 saturated carbocycles. The third-order valence-electron chi connectivity index (χ3n) is 3.91. The number of nitrogens with one attached hydrogen (secondary N) is 1. The summed E-state index contributed by atoms with van der Waals surface area (Å²) in [6.45, 7) is 4.37. The number of carbonyl (C=O) groups excluding carboxylic acids is 1. The third-order valence-corrected chi connectivity index (χ3v) is 3.91. The summed E-state index contributed by atoms with van der Waals surface area (Å²) < 4.78 is 5.62. The number of aliphatic carboxylic acids is 1. The van der Waals surface area contributed by atoms with Gasteiger partial charge in [-0.05, 0) is 63.3 Å². The summed E-state index contributed by atoms with van der Waals surface area (Å²) >= 11 is 0. The molecule has 1 aliphatic carbocycles. The Hall–Kier alpha value is -2.04. The molecule has 0 atom stereocenters. The molecule has 0 heterocycles. The SMILES string of the molecule is CC(C)(CCNC(=O)c1ccc(OCC2CC2)cc1)C(=O)O. The first-order valence-corrected chi connectivity index (χ1v) is 7.63. The van der Waals surface area contributed by atoms with Crippen molar-refractivity contribution >= 4 is 11.9 Å². The van der Waals surface area contributed by atoms with E-state index in [1.165, 1.54) is 12.8 Å². The van der Waals surface area contributed by atoms with Crippen molar-refractivity contribution in [3.8, 4) is 5.75 Å². The lowest BCUT2D eigenvalue weighted by Gasteiger charge is -2.18. The number of carbonyl (C=O) groups is 2. The summed E-state index contributed by atoms with van der Waals surface area (Å²) in [5, 5.41) is 11.8. The molecule has 0 unspecified atom stereocenters. The largest absolute Gasteiger partial charge is 0.493 e. The van der Waals surface area contributed by atoms with Crippen molar-refractivity contribution in [1.29, 1.82) is 0 Å². The standard InChI is InChI=1S/C17H23NO4/c1-17(2,16(20)21)9-10-18-15(19)13-5-7-14(8-6-13)22-11-12-3-4-12/h5-8,12H,3-4,9-11H2,1-2H3,(H,18,19)(H,20,21). The highest BCUT2D eigenvalue weighted by atomic mass is 16.5. The second-order valence-corrected chi connectivity index (χ2v) is 6.47. The van der Waals surface area contributed by atoms with Crippen LogP contribution in [0.5, 0.6) is 5.75 Å². The summed E-state index contributed by atoms with van der Waals surface area (Å²) in [7, 11) is 0. The van der Waals surface area contributed by atoms with Gasteiger partial charge in [0.05, 0.1) is 12.0 Å². The van der Waals surface area contributed by atoms with Gasteiger partial charge in [0.25, 0.3) is 5.91 Å². The average Bonchev–Trinajstić information content (AvgIpc) is 3.29. The zero-order valence-electron chi connectivity index (χ0n) is 13.1. The van der Waals surface area contributed by atoms with Crippen molar-refractivity contribution in [1.82, 2.24) is 5.32 Å². The molecule has 0 aliphatic heterocycles. The van der Waals surface area contributed by atoms with Gasteiger partial charge in [0.15, 0.2) is 0 Å². The number of hydrogen-bond donors (Lipinski definition) is 2. The molecular formula is C17H23NO4. The van der Waals surface area contributed by atoms with Crippen molar-refractivity contribution in [2.75, 3.05) is 13.2 Å². The number of carboxylic acids is 1. The fourth-order valence-corrected chi connectivity index (χ4v) is 1.90. The molecule has 0 spiro atoms. The minimum Gasteiger partial charge on any atom is -0.493 e. The lowest BCUT2D eigenvalue weighted by molar-refractivity contribution is -0.147. The van der Waals surface area contributed by atoms with Crippen LogP contribution in [0.2, 0.25) is 0 Å². The Morgan fingerprint density at radius 1 is 1.27 bits per heavy atom. The Labute approximate surface area is 130 Å². The first kappa shape index (κ1) is 16.3. The number of hydrogen-bond acceptors (Lipinski definition) is 3. The summed E-state index contributed by atoms with van der Waals surface area (Å²) in [4.78, 5) is 23.0. The first-order valence-electron chi connectivity index (χ1n) is 7.63. The minimum absolute atomic E-state index is 0.199. The highest BCUT2D eigenvalue weighted by molar-refractivity contribution is 5.94. The van der Waals surface area contributed by atoms with E-state index in [0.29, 0.717) is 24.4 Å². The van der Waals surface area contributed by atoms with Gasteiger partial charge in [-0.1, -0.05) is 0 Å². The normalized spacial score (nSPS) is 14.5. The van der Waals surface area contributed by atoms with Gasteiger partial charge < -0.3 is 15.2 Å². The predicted octanol–water partition coefficient (Wildman–Crippen LogP) is 2.71.